The normalized spacial score (nSPS) is 12.5. The molecule has 314 valence electrons. The van der Waals surface area contributed by atoms with Crippen LogP contribution in [0.5, 0.6) is 0 Å². The number of esters is 1. The van der Waals surface area contributed by atoms with Gasteiger partial charge >= 0.3 is 5.97 Å². The minimum absolute atomic E-state index is 0.0205. The molecule has 0 aliphatic carbocycles. The summed E-state index contributed by atoms with van der Waals surface area (Å²) < 4.78 is 5.54. The number of carbonyl (C=O) groups is 1. The van der Waals surface area contributed by atoms with Crippen LogP contribution >= 0.6 is 0 Å². The average molecular weight is 744 g/mol. The van der Waals surface area contributed by atoms with Gasteiger partial charge in [-0.25, -0.2) is 0 Å². The van der Waals surface area contributed by atoms with Crippen LogP contribution in [0.2, 0.25) is 0 Å². The van der Waals surface area contributed by atoms with E-state index in [-0.39, 0.29) is 5.97 Å². The first-order valence-electron chi connectivity index (χ1n) is 24.4. The monoisotopic (exact) mass is 744 g/mol. The zero-order valence-corrected chi connectivity index (χ0v) is 36.9. The Morgan fingerprint density at radius 1 is 0.434 bits per heavy atom. The van der Waals surface area contributed by atoms with E-state index in [0.29, 0.717) is 19.1 Å². The van der Waals surface area contributed by atoms with Crippen LogP contribution in [0.15, 0.2) is 24.3 Å². The Hall–Kier alpha value is -1.09. The number of rotatable bonds is 44. The van der Waals surface area contributed by atoms with Crippen LogP contribution in [0.3, 0.4) is 0 Å². The Bertz CT molecular complexity index is 735. The second-order valence-corrected chi connectivity index (χ2v) is 16.7. The molecule has 0 aromatic heterocycles. The van der Waals surface area contributed by atoms with Crippen LogP contribution in [0.25, 0.3) is 0 Å². The zero-order valence-electron chi connectivity index (χ0n) is 36.9. The van der Waals surface area contributed by atoms with Crippen molar-refractivity contribution in [2.75, 3.05) is 13.2 Å². The second-order valence-electron chi connectivity index (χ2n) is 16.7. The van der Waals surface area contributed by atoms with Gasteiger partial charge < -0.3 is 10.1 Å². The highest BCUT2D eigenvalue weighted by Crippen LogP contribution is 2.20. The van der Waals surface area contributed by atoms with Crippen LogP contribution in [0.4, 0.5) is 0 Å². The van der Waals surface area contributed by atoms with Gasteiger partial charge in [0.15, 0.2) is 0 Å². The van der Waals surface area contributed by atoms with Gasteiger partial charge in [-0.05, 0) is 102 Å². The molecule has 0 bridgehead atoms. The molecule has 0 radical (unpaired) electrons. The SMILES string of the molecule is CCCCC/C=C\CCCC(CCC/C=C\CCCCC)CNC(CCCCCCCCCC)CCCCCCC(=O)OCCCCCCCCCC. The van der Waals surface area contributed by atoms with E-state index in [2.05, 4.69) is 57.3 Å². The first-order chi connectivity index (χ1) is 26.2. The van der Waals surface area contributed by atoms with E-state index in [4.69, 9.17) is 4.74 Å². The van der Waals surface area contributed by atoms with Crippen molar-refractivity contribution in [1.29, 1.82) is 0 Å². The van der Waals surface area contributed by atoms with Crippen molar-refractivity contribution in [3.8, 4) is 0 Å². The Morgan fingerprint density at radius 3 is 1.28 bits per heavy atom. The van der Waals surface area contributed by atoms with Gasteiger partial charge in [-0.3, -0.25) is 4.79 Å². The van der Waals surface area contributed by atoms with Crippen molar-refractivity contribution >= 4 is 5.97 Å². The zero-order chi connectivity index (χ0) is 38.6. The van der Waals surface area contributed by atoms with Gasteiger partial charge in [0, 0.05) is 12.5 Å². The lowest BCUT2D eigenvalue weighted by molar-refractivity contribution is -0.143. The maximum absolute atomic E-state index is 12.3. The van der Waals surface area contributed by atoms with E-state index < -0.39 is 0 Å². The lowest BCUT2D eigenvalue weighted by Crippen LogP contribution is -2.33. The van der Waals surface area contributed by atoms with Crippen molar-refractivity contribution in [2.45, 2.75) is 271 Å². The number of hydrogen-bond acceptors (Lipinski definition) is 3. The third-order valence-corrected chi connectivity index (χ3v) is 11.3. The van der Waals surface area contributed by atoms with E-state index in [1.807, 2.05) is 0 Å². The molecular weight excluding hydrogens is 647 g/mol. The molecule has 1 unspecified atom stereocenters. The third-order valence-electron chi connectivity index (χ3n) is 11.3. The topological polar surface area (TPSA) is 38.3 Å². The Labute approximate surface area is 334 Å². The molecule has 0 amide bonds. The highest BCUT2D eigenvalue weighted by Gasteiger charge is 2.13. The molecule has 0 rings (SSSR count). The summed E-state index contributed by atoms with van der Waals surface area (Å²) in [5.74, 6) is 0.807. The molecule has 0 spiro atoms. The molecule has 3 heteroatoms. The molecule has 1 atom stereocenters. The standard InChI is InChI=1S/C50H97NO2/c1-5-9-13-17-21-25-29-35-41-48(42-36-30-26-22-18-14-10-6-2)47-51-49(43-37-31-27-23-19-15-11-7-3)44-38-32-33-39-45-50(52)53-46-40-34-28-24-20-16-12-8-4/h21-22,25-26,48-49,51H,5-20,23-24,27-47H2,1-4H3/b25-21-,26-22-. The van der Waals surface area contributed by atoms with Gasteiger partial charge in [-0.15, -0.1) is 0 Å². The number of ether oxygens (including phenoxy) is 1. The Kier molecular flexibility index (Phi) is 44.4. The van der Waals surface area contributed by atoms with E-state index in [1.165, 1.54) is 218 Å². The first-order valence-corrected chi connectivity index (χ1v) is 24.4. The van der Waals surface area contributed by atoms with Crippen molar-refractivity contribution < 1.29 is 9.53 Å². The molecule has 0 aromatic rings. The van der Waals surface area contributed by atoms with Crippen LogP contribution in [0.1, 0.15) is 265 Å². The number of allylic oxidation sites excluding steroid dienone is 4. The van der Waals surface area contributed by atoms with Crippen molar-refractivity contribution in [2.24, 2.45) is 5.92 Å². The predicted octanol–water partition coefficient (Wildman–Crippen LogP) is 16.7. The van der Waals surface area contributed by atoms with Crippen LogP contribution < -0.4 is 5.32 Å². The molecule has 0 aliphatic rings. The Balaban J connectivity index is 4.70. The summed E-state index contributed by atoms with van der Waals surface area (Å²) in [4.78, 5) is 12.3. The molecule has 0 fully saturated rings. The average Bonchev–Trinajstić information content (AvgIpc) is 3.16. The fourth-order valence-electron chi connectivity index (χ4n) is 7.61. The molecule has 0 aromatic carbocycles. The van der Waals surface area contributed by atoms with Crippen molar-refractivity contribution in [1.82, 2.24) is 5.32 Å². The highest BCUT2D eigenvalue weighted by atomic mass is 16.5. The van der Waals surface area contributed by atoms with Gasteiger partial charge in [0.2, 0.25) is 0 Å². The quantitative estimate of drug-likeness (QED) is 0.0384. The van der Waals surface area contributed by atoms with E-state index in [1.54, 1.807) is 0 Å². The van der Waals surface area contributed by atoms with Crippen molar-refractivity contribution in [3.05, 3.63) is 24.3 Å². The molecule has 1 N–H and O–H groups in total. The lowest BCUT2D eigenvalue weighted by Gasteiger charge is -2.24. The maximum Gasteiger partial charge on any atom is 0.305 e. The molecule has 0 heterocycles. The van der Waals surface area contributed by atoms with Gasteiger partial charge in [0.05, 0.1) is 6.61 Å². The summed E-state index contributed by atoms with van der Waals surface area (Å²) >= 11 is 0. The summed E-state index contributed by atoms with van der Waals surface area (Å²) in [6, 6.07) is 0.645. The molecule has 0 aliphatic heterocycles. The molecule has 3 nitrogen and oxygen atoms in total. The second kappa shape index (κ2) is 45.3. The lowest BCUT2D eigenvalue weighted by atomic mass is 9.94. The largest absolute Gasteiger partial charge is 0.466 e. The number of hydrogen-bond donors (Lipinski definition) is 1. The number of carbonyl (C=O) groups excluding carboxylic acids is 1. The van der Waals surface area contributed by atoms with Crippen LogP contribution in [-0.2, 0) is 9.53 Å². The van der Waals surface area contributed by atoms with Crippen LogP contribution in [0, 0.1) is 5.92 Å². The highest BCUT2D eigenvalue weighted by molar-refractivity contribution is 5.69. The van der Waals surface area contributed by atoms with E-state index >= 15 is 0 Å². The van der Waals surface area contributed by atoms with Gasteiger partial charge in [-0.2, -0.15) is 0 Å². The Morgan fingerprint density at radius 2 is 0.811 bits per heavy atom. The summed E-state index contributed by atoms with van der Waals surface area (Å²) in [7, 11) is 0. The van der Waals surface area contributed by atoms with E-state index in [0.717, 1.165) is 25.2 Å². The predicted molar refractivity (Wildman–Crippen MR) is 238 cm³/mol. The first kappa shape index (κ1) is 51.9. The molecule has 0 saturated carbocycles. The fourth-order valence-corrected chi connectivity index (χ4v) is 7.61. The summed E-state index contributed by atoms with van der Waals surface area (Å²) in [5.41, 5.74) is 0. The minimum Gasteiger partial charge on any atom is -0.466 e. The number of nitrogens with one attached hydrogen (secondary N) is 1. The molecule has 0 saturated heterocycles. The van der Waals surface area contributed by atoms with Crippen LogP contribution in [-0.4, -0.2) is 25.2 Å². The smallest absolute Gasteiger partial charge is 0.305 e. The van der Waals surface area contributed by atoms with Gasteiger partial charge in [0.1, 0.15) is 0 Å². The minimum atomic E-state index is 0.0205. The maximum atomic E-state index is 12.3. The van der Waals surface area contributed by atoms with Gasteiger partial charge in [-0.1, -0.05) is 193 Å². The summed E-state index contributed by atoms with van der Waals surface area (Å²) in [6.07, 6.45) is 57.5. The summed E-state index contributed by atoms with van der Waals surface area (Å²) in [6.45, 7) is 11.0. The number of unbranched alkanes of at least 4 members (excludes halogenated alkanes) is 25. The summed E-state index contributed by atoms with van der Waals surface area (Å²) in [5, 5.41) is 4.14. The fraction of sp³-hybridized carbons (Fsp3) is 0.900. The molecular formula is C50H97NO2. The van der Waals surface area contributed by atoms with Gasteiger partial charge in [0.25, 0.3) is 0 Å². The molecule has 53 heavy (non-hydrogen) atoms. The van der Waals surface area contributed by atoms with E-state index in [9.17, 15) is 4.79 Å². The third kappa shape index (κ3) is 41.9. The van der Waals surface area contributed by atoms with Crippen molar-refractivity contribution in [3.63, 3.8) is 0 Å².